The molecule has 1 aromatic heterocycles. The largest absolute Gasteiger partial charge is 0.496 e. The summed E-state index contributed by atoms with van der Waals surface area (Å²) >= 11 is 0. The SMILES string of the molecule is COc1cc2c(c3oc(-c4ccccc4)cc(=O)c13)C1C(O2)C1(C)C. The lowest BCUT2D eigenvalue weighted by Crippen LogP contribution is -2.08. The zero-order chi connectivity index (χ0) is 17.3. The molecule has 0 bridgehead atoms. The zero-order valence-corrected chi connectivity index (χ0v) is 14.3. The lowest BCUT2D eigenvalue weighted by atomic mass is 9.98. The molecule has 0 N–H and O–H groups in total. The number of rotatable bonds is 2. The molecule has 1 aliphatic heterocycles. The predicted molar refractivity (Wildman–Crippen MR) is 95.4 cm³/mol. The fraction of sp³-hybridized carbons (Fsp3) is 0.286. The Kier molecular flexibility index (Phi) is 2.72. The molecule has 25 heavy (non-hydrogen) atoms. The standard InChI is InChI=1S/C21H18O4/c1-21(2)18-17-15(25-20(18)21)10-14(23-3)16-12(22)9-13(24-19(16)17)11-7-5-4-6-8-11/h4-10,18,20H,1-3H3. The van der Waals surface area contributed by atoms with Gasteiger partial charge < -0.3 is 13.9 Å². The van der Waals surface area contributed by atoms with Crippen molar-refractivity contribution in [2.24, 2.45) is 5.41 Å². The van der Waals surface area contributed by atoms with E-state index in [0.29, 0.717) is 22.5 Å². The van der Waals surface area contributed by atoms with Gasteiger partial charge in [0.1, 0.15) is 34.3 Å². The summed E-state index contributed by atoms with van der Waals surface area (Å²) in [6.07, 6.45) is 0.142. The minimum atomic E-state index is -0.0957. The molecule has 3 aromatic rings. The molecule has 4 nitrogen and oxygen atoms in total. The molecule has 2 aliphatic rings. The molecule has 2 unspecified atom stereocenters. The molecule has 2 aromatic carbocycles. The summed E-state index contributed by atoms with van der Waals surface area (Å²) in [4.78, 5) is 12.9. The zero-order valence-electron chi connectivity index (χ0n) is 14.3. The highest BCUT2D eigenvalue weighted by molar-refractivity contribution is 5.91. The van der Waals surface area contributed by atoms with Crippen LogP contribution in [0.1, 0.15) is 25.3 Å². The van der Waals surface area contributed by atoms with Gasteiger partial charge in [0.15, 0.2) is 5.43 Å². The maximum atomic E-state index is 12.9. The van der Waals surface area contributed by atoms with E-state index in [1.807, 2.05) is 36.4 Å². The van der Waals surface area contributed by atoms with Gasteiger partial charge in [-0.1, -0.05) is 44.2 Å². The van der Waals surface area contributed by atoms with E-state index in [9.17, 15) is 4.79 Å². The molecular weight excluding hydrogens is 316 g/mol. The maximum absolute atomic E-state index is 12.9. The Morgan fingerprint density at radius 3 is 2.60 bits per heavy atom. The van der Waals surface area contributed by atoms with E-state index in [4.69, 9.17) is 13.9 Å². The van der Waals surface area contributed by atoms with Gasteiger partial charge in [-0.2, -0.15) is 0 Å². The Labute approximate surface area is 145 Å². The van der Waals surface area contributed by atoms with Crippen molar-refractivity contribution in [2.45, 2.75) is 25.9 Å². The summed E-state index contributed by atoms with van der Waals surface area (Å²) in [5.74, 6) is 2.09. The first kappa shape index (κ1) is 14.6. The lowest BCUT2D eigenvalue weighted by Gasteiger charge is -2.15. The number of hydrogen-bond acceptors (Lipinski definition) is 4. The van der Waals surface area contributed by atoms with Crippen molar-refractivity contribution < 1.29 is 13.9 Å². The van der Waals surface area contributed by atoms with Crippen LogP contribution in [0.2, 0.25) is 0 Å². The molecule has 126 valence electrons. The summed E-state index contributed by atoms with van der Waals surface area (Å²) in [7, 11) is 1.56. The first-order valence-electron chi connectivity index (χ1n) is 8.43. The predicted octanol–water partition coefficient (Wildman–Crippen LogP) is 4.35. The van der Waals surface area contributed by atoms with Crippen LogP contribution >= 0.6 is 0 Å². The van der Waals surface area contributed by atoms with E-state index in [0.717, 1.165) is 16.9 Å². The number of methoxy groups -OCH3 is 1. The first-order chi connectivity index (χ1) is 12.0. The van der Waals surface area contributed by atoms with Crippen LogP contribution in [-0.4, -0.2) is 13.2 Å². The second kappa shape index (κ2) is 4.66. The van der Waals surface area contributed by atoms with Crippen molar-refractivity contribution in [3.05, 3.63) is 58.3 Å². The van der Waals surface area contributed by atoms with Crippen molar-refractivity contribution in [2.75, 3.05) is 7.11 Å². The Balaban J connectivity index is 1.85. The van der Waals surface area contributed by atoms with E-state index >= 15 is 0 Å². The maximum Gasteiger partial charge on any atom is 0.197 e. The Morgan fingerprint density at radius 2 is 1.88 bits per heavy atom. The van der Waals surface area contributed by atoms with Crippen molar-refractivity contribution in [1.82, 2.24) is 0 Å². The summed E-state index contributed by atoms with van der Waals surface area (Å²) in [6.45, 7) is 4.36. The number of fused-ring (bicyclic) bond motifs is 5. The minimum Gasteiger partial charge on any atom is -0.496 e. The van der Waals surface area contributed by atoms with Gasteiger partial charge >= 0.3 is 0 Å². The summed E-state index contributed by atoms with van der Waals surface area (Å²) in [5.41, 5.74) is 2.44. The Hall–Kier alpha value is -2.75. The van der Waals surface area contributed by atoms with Gasteiger partial charge in [-0.15, -0.1) is 0 Å². The first-order valence-corrected chi connectivity index (χ1v) is 8.43. The highest BCUT2D eigenvalue weighted by atomic mass is 16.5. The van der Waals surface area contributed by atoms with Crippen LogP contribution in [0.15, 0.2) is 51.7 Å². The van der Waals surface area contributed by atoms with E-state index in [2.05, 4.69) is 13.8 Å². The molecular formula is C21H18O4. The van der Waals surface area contributed by atoms with Gasteiger partial charge in [0.2, 0.25) is 0 Å². The highest BCUT2D eigenvalue weighted by Gasteiger charge is 2.66. The van der Waals surface area contributed by atoms with Crippen molar-refractivity contribution in [3.63, 3.8) is 0 Å². The monoisotopic (exact) mass is 334 g/mol. The molecule has 2 heterocycles. The van der Waals surface area contributed by atoms with E-state index in [-0.39, 0.29) is 22.9 Å². The number of benzene rings is 2. The quantitative estimate of drug-likeness (QED) is 0.699. The lowest BCUT2D eigenvalue weighted by molar-refractivity contribution is 0.265. The second-order valence-corrected chi connectivity index (χ2v) is 7.37. The third kappa shape index (κ3) is 1.85. The smallest absolute Gasteiger partial charge is 0.197 e. The molecule has 1 fully saturated rings. The molecule has 0 amide bonds. The van der Waals surface area contributed by atoms with Gasteiger partial charge in [0.25, 0.3) is 0 Å². The van der Waals surface area contributed by atoms with Crippen LogP contribution in [0.25, 0.3) is 22.3 Å². The summed E-state index contributed by atoms with van der Waals surface area (Å²) in [6, 6.07) is 13.0. The van der Waals surface area contributed by atoms with Crippen LogP contribution < -0.4 is 14.9 Å². The van der Waals surface area contributed by atoms with Crippen LogP contribution in [0.5, 0.6) is 11.5 Å². The van der Waals surface area contributed by atoms with Gasteiger partial charge in [0.05, 0.1) is 7.11 Å². The van der Waals surface area contributed by atoms with Gasteiger partial charge in [-0.3, -0.25) is 4.79 Å². The van der Waals surface area contributed by atoms with E-state index < -0.39 is 0 Å². The fourth-order valence-corrected chi connectivity index (χ4v) is 4.07. The van der Waals surface area contributed by atoms with Gasteiger partial charge in [-0.25, -0.2) is 0 Å². The summed E-state index contributed by atoms with van der Waals surface area (Å²) in [5, 5.41) is 0.493. The van der Waals surface area contributed by atoms with Crippen molar-refractivity contribution >= 4 is 11.0 Å². The third-order valence-electron chi connectivity index (χ3n) is 5.54. The van der Waals surface area contributed by atoms with Crippen LogP contribution in [0, 0.1) is 5.41 Å². The molecule has 1 saturated carbocycles. The number of hydrogen-bond donors (Lipinski definition) is 0. The Bertz CT molecular complexity index is 1060. The van der Waals surface area contributed by atoms with Crippen LogP contribution in [-0.2, 0) is 0 Å². The molecule has 1 aliphatic carbocycles. The molecule has 2 atom stereocenters. The molecule has 5 rings (SSSR count). The summed E-state index contributed by atoms with van der Waals surface area (Å²) < 4.78 is 17.8. The topological polar surface area (TPSA) is 48.7 Å². The van der Waals surface area contributed by atoms with E-state index in [1.54, 1.807) is 7.11 Å². The number of ether oxygens (including phenoxy) is 2. The molecule has 0 spiro atoms. The Morgan fingerprint density at radius 1 is 1.12 bits per heavy atom. The molecule has 0 saturated heterocycles. The molecule has 0 radical (unpaired) electrons. The normalized spacial score (nSPS) is 22.2. The fourth-order valence-electron chi connectivity index (χ4n) is 4.07. The van der Waals surface area contributed by atoms with E-state index in [1.165, 1.54) is 6.07 Å². The van der Waals surface area contributed by atoms with Gasteiger partial charge in [-0.05, 0) is 0 Å². The molecule has 4 heteroatoms. The van der Waals surface area contributed by atoms with Gasteiger partial charge in [0, 0.05) is 34.6 Å². The minimum absolute atomic E-state index is 0.0653. The van der Waals surface area contributed by atoms with Crippen molar-refractivity contribution in [1.29, 1.82) is 0 Å². The van der Waals surface area contributed by atoms with Crippen molar-refractivity contribution in [3.8, 4) is 22.8 Å². The second-order valence-electron chi connectivity index (χ2n) is 7.37. The van der Waals surface area contributed by atoms with Crippen LogP contribution in [0.4, 0.5) is 0 Å². The average molecular weight is 334 g/mol. The highest BCUT2D eigenvalue weighted by Crippen LogP contribution is 2.68. The van der Waals surface area contributed by atoms with Crippen LogP contribution in [0.3, 0.4) is 0 Å². The third-order valence-corrected chi connectivity index (χ3v) is 5.54. The average Bonchev–Trinajstić information content (AvgIpc) is 2.96.